The SMILES string of the molecule is NS(=O)(=O)c1cccc(NC(=O)NCCc2ccc(Cl)cc2)c1. The molecule has 0 spiro atoms. The molecule has 0 aromatic heterocycles. The van der Waals surface area contributed by atoms with Crippen molar-refractivity contribution in [1.82, 2.24) is 5.32 Å². The number of hydrogen-bond donors (Lipinski definition) is 3. The van der Waals surface area contributed by atoms with Gasteiger partial charge in [0.1, 0.15) is 0 Å². The van der Waals surface area contributed by atoms with Gasteiger partial charge in [-0.3, -0.25) is 0 Å². The van der Waals surface area contributed by atoms with Gasteiger partial charge in [0.2, 0.25) is 10.0 Å². The molecule has 2 amide bonds. The molecule has 0 radical (unpaired) electrons. The number of rotatable bonds is 5. The third kappa shape index (κ3) is 5.55. The first-order valence-corrected chi connectivity index (χ1v) is 8.69. The molecule has 8 heteroatoms. The van der Waals surface area contributed by atoms with Gasteiger partial charge in [-0.25, -0.2) is 18.4 Å². The number of urea groups is 1. The second kappa shape index (κ2) is 7.45. The number of anilines is 1. The number of carbonyl (C=O) groups is 1. The molecule has 4 N–H and O–H groups in total. The predicted molar refractivity (Wildman–Crippen MR) is 90.0 cm³/mol. The largest absolute Gasteiger partial charge is 0.338 e. The molecule has 6 nitrogen and oxygen atoms in total. The summed E-state index contributed by atoms with van der Waals surface area (Å²) in [7, 11) is -3.80. The molecule has 23 heavy (non-hydrogen) atoms. The maximum atomic E-state index is 11.8. The number of hydrogen-bond acceptors (Lipinski definition) is 3. The molecule has 2 aromatic carbocycles. The quantitative estimate of drug-likeness (QED) is 0.768. The van der Waals surface area contributed by atoms with Crippen molar-refractivity contribution in [2.24, 2.45) is 5.14 Å². The summed E-state index contributed by atoms with van der Waals surface area (Å²) in [5.74, 6) is 0. The summed E-state index contributed by atoms with van der Waals surface area (Å²) < 4.78 is 22.5. The average Bonchev–Trinajstić information content (AvgIpc) is 2.49. The molecular weight excluding hydrogens is 338 g/mol. The van der Waals surface area contributed by atoms with Crippen LogP contribution in [0, 0.1) is 0 Å². The summed E-state index contributed by atoms with van der Waals surface area (Å²) in [6.07, 6.45) is 0.655. The minimum atomic E-state index is -3.80. The number of halogens is 1. The maximum Gasteiger partial charge on any atom is 0.319 e. The lowest BCUT2D eigenvalue weighted by atomic mass is 10.1. The van der Waals surface area contributed by atoms with Crippen LogP contribution in [0.25, 0.3) is 0 Å². The Labute approximate surface area is 139 Å². The molecule has 0 saturated heterocycles. The summed E-state index contributed by atoms with van der Waals surface area (Å²) in [4.78, 5) is 11.7. The first-order chi connectivity index (χ1) is 10.8. The van der Waals surface area contributed by atoms with Crippen molar-refractivity contribution in [2.45, 2.75) is 11.3 Å². The van der Waals surface area contributed by atoms with Gasteiger partial charge < -0.3 is 10.6 Å². The lowest BCUT2D eigenvalue weighted by molar-refractivity contribution is 0.252. The third-order valence-electron chi connectivity index (χ3n) is 3.03. The third-order valence-corrected chi connectivity index (χ3v) is 4.20. The summed E-state index contributed by atoms with van der Waals surface area (Å²) in [6, 6.07) is 12.7. The molecule has 122 valence electrons. The zero-order valence-corrected chi connectivity index (χ0v) is 13.7. The predicted octanol–water partition coefficient (Wildman–Crippen LogP) is 2.35. The Bertz CT molecular complexity index is 792. The second-order valence-electron chi connectivity index (χ2n) is 4.83. The van der Waals surface area contributed by atoms with E-state index in [0.717, 1.165) is 5.56 Å². The van der Waals surface area contributed by atoms with Gasteiger partial charge in [-0.05, 0) is 42.3 Å². The van der Waals surface area contributed by atoms with Crippen LogP contribution < -0.4 is 15.8 Å². The Morgan fingerprint density at radius 2 is 1.83 bits per heavy atom. The average molecular weight is 354 g/mol. The summed E-state index contributed by atoms with van der Waals surface area (Å²) in [5.41, 5.74) is 1.39. The molecule has 0 heterocycles. The zero-order valence-electron chi connectivity index (χ0n) is 12.1. The summed E-state index contributed by atoms with van der Waals surface area (Å²) in [5, 5.41) is 11.0. The van der Waals surface area contributed by atoms with Crippen molar-refractivity contribution in [3.05, 3.63) is 59.1 Å². The van der Waals surface area contributed by atoms with Crippen LogP contribution in [-0.2, 0) is 16.4 Å². The summed E-state index contributed by atoms with van der Waals surface area (Å²) in [6.45, 7) is 0.433. The van der Waals surface area contributed by atoms with E-state index in [1.54, 1.807) is 18.2 Å². The van der Waals surface area contributed by atoms with Crippen LogP contribution in [0.3, 0.4) is 0 Å². The van der Waals surface area contributed by atoms with E-state index in [-0.39, 0.29) is 4.90 Å². The van der Waals surface area contributed by atoms with Crippen LogP contribution in [0.2, 0.25) is 5.02 Å². The molecule has 2 rings (SSSR count). The van der Waals surface area contributed by atoms with Crippen LogP contribution >= 0.6 is 11.6 Å². The Morgan fingerprint density at radius 1 is 1.13 bits per heavy atom. The fourth-order valence-corrected chi connectivity index (χ4v) is 2.58. The molecule has 0 saturated carbocycles. The van der Waals surface area contributed by atoms with Gasteiger partial charge in [0.05, 0.1) is 4.90 Å². The number of sulfonamides is 1. The maximum absolute atomic E-state index is 11.8. The topological polar surface area (TPSA) is 101 Å². The van der Waals surface area contributed by atoms with Gasteiger partial charge in [0.15, 0.2) is 0 Å². The molecule has 0 unspecified atom stereocenters. The number of carbonyl (C=O) groups excluding carboxylic acids is 1. The van der Waals surface area contributed by atoms with Crippen LogP contribution in [-0.4, -0.2) is 21.0 Å². The molecule has 0 fully saturated rings. The van der Waals surface area contributed by atoms with Crippen molar-refractivity contribution in [2.75, 3.05) is 11.9 Å². The highest BCUT2D eigenvalue weighted by atomic mass is 35.5. The fourth-order valence-electron chi connectivity index (χ4n) is 1.90. The minimum absolute atomic E-state index is 0.0588. The minimum Gasteiger partial charge on any atom is -0.338 e. The number of nitrogens with two attached hydrogens (primary N) is 1. The molecule has 0 aliphatic heterocycles. The molecule has 0 atom stereocenters. The number of nitrogens with one attached hydrogen (secondary N) is 2. The molecule has 2 aromatic rings. The van der Waals surface area contributed by atoms with Gasteiger partial charge in [0, 0.05) is 17.3 Å². The highest BCUT2D eigenvalue weighted by molar-refractivity contribution is 7.89. The Kier molecular flexibility index (Phi) is 5.59. The van der Waals surface area contributed by atoms with Gasteiger partial charge >= 0.3 is 6.03 Å². The van der Waals surface area contributed by atoms with E-state index >= 15 is 0 Å². The number of amides is 2. The highest BCUT2D eigenvalue weighted by Gasteiger charge is 2.09. The van der Waals surface area contributed by atoms with Gasteiger partial charge in [-0.2, -0.15) is 0 Å². The fraction of sp³-hybridized carbons (Fsp3) is 0.133. The smallest absolute Gasteiger partial charge is 0.319 e. The van der Waals surface area contributed by atoms with E-state index in [4.69, 9.17) is 16.7 Å². The van der Waals surface area contributed by atoms with Crippen LogP contribution in [0.1, 0.15) is 5.56 Å². The van der Waals surface area contributed by atoms with E-state index in [2.05, 4.69) is 10.6 Å². The lowest BCUT2D eigenvalue weighted by Gasteiger charge is -2.08. The summed E-state index contributed by atoms with van der Waals surface area (Å²) >= 11 is 5.80. The first-order valence-electron chi connectivity index (χ1n) is 6.77. The van der Waals surface area contributed by atoms with Crippen LogP contribution in [0.15, 0.2) is 53.4 Å². The lowest BCUT2D eigenvalue weighted by Crippen LogP contribution is -2.30. The molecule has 0 aliphatic carbocycles. The van der Waals surface area contributed by atoms with Crippen molar-refractivity contribution in [1.29, 1.82) is 0 Å². The monoisotopic (exact) mass is 353 g/mol. The van der Waals surface area contributed by atoms with Crippen LogP contribution in [0.4, 0.5) is 10.5 Å². The first kappa shape index (κ1) is 17.3. The van der Waals surface area contributed by atoms with Gasteiger partial charge in [-0.15, -0.1) is 0 Å². The van der Waals surface area contributed by atoms with E-state index in [0.29, 0.717) is 23.7 Å². The molecule has 0 aliphatic rings. The Balaban J connectivity index is 1.86. The van der Waals surface area contributed by atoms with E-state index in [9.17, 15) is 13.2 Å². The van der Waals surface area contributed by atoms with Gasteiger partial charge in [0.25, 0.3) is 0 Å². The van der Waals surface area contributed by atoms with Crippen LogP contribution in [0.5, 0.6) is 0 Å². The normalized spacial score (nSPS) is 11.0. The Hall–Kier alpha value is -2.09. The van der Waals surface area contributed by atoms with Gasteiger partial charge in [-0.1, -0.05) is 29.8 Å². The zero-order chi connectivity index (χ0) is 16.9. The van der Waals surface area contributed by atoms with Crippen molar-refractivity contribution >= 4 is 33.3 Å². The van der Waals surface area contributed by atoms with E-state index in [1.165, 1.54) is 18.2 Å². The standard InChI is InChI=1S/C15H16ClN3O3S/c16-12-6-4-11(5-7-12)8-9-18-15(20)19-13-2-1-3-14(10-13)23(17,21)22/h1-7,10H,8-9H2,(H2,17,21,22)(H2,18,19,20). The highest BCUT2D eigenvalue weighted by Crippen LogP contribution is 2.14. The molecular formula is C15H16ClN3O3S. The number of benzene rings is 2. The van der Waals surface area contributed by atoms with Crippen molar-refractivity contribution in [3.63, 3.8) is 0 Å². The number of primary sulfonamides is 1. The van der Waals surface area contributed by atoms with Crippen molar-refractivity contribution < 1.29 is 13.2 Å². The second-order valence-corrected chi connectivity index (χ2v) is 6.83. The van der Waals surface area contributed by atoms with E-state index < -0.39 is 16.1 Å². The van der Waals surface area contributed by atoms with E-state index in [1.807, 2.05) is 12.1 Å². The Morgan fingerprint density at radius 3 is 2.48 bits per heavy atom. The van der Waals surface area contributed by atoms with Crippen molar-refractivity contribution in [3.8, 4) is 0 Å². The molecule has 0 bridgehead atoms.